The quantitative estimate of drug-likeness (QED) is 0.838. The summed E-state index contributed by atoms with van der Waals surface area (Å²) in [6.07, 6.45) is -3.05. The Balaban J connectivity index is 1.64. The predicted octanol–water partition coefficient (Wildman–Crippen LogP) is 2.97. The number of nitrogens with zero attached hydrogens (tertiary/aromatic N) is 1. The van der Waals surface area contributed by atoms with Crippen molar-refractivity contribution in [1.29, 1.82) is 0 Å². The van der Waals surface area contributed by atoms with E-state index in [1.165, 1.54) is 0 Å². The summed E-state index contributed by atoms with van der Waals surface area (Å²) in [6, 6.07) is 7.58. The second kappa shape index (κ2) is 6.06. The van der Waals surface area contributed by atoms with Crippen LogP contribution in [0.1, 0.15) is 24.8 Å². The lowest BCUT2D eigenvalue weighted by Gasteiger charge is -2.21. The zero-order chi connectivity index (χ0) is 17.5. The van der Waals surface area contributed by atoms with Gasteiger partial charge < -0.3 is 10.2 Å². The molecule has 2 aliphatic rings. The van der Waals surface area contributed by atoms with E-state index in [1.807, 2.05) is 24.3 Å². The third-order valence-electron chi connectivity index (χ3n) is 4.46. The van der Waals surface area contributed by atoms with Gasteiger partial charge in [0.15, 0.2) is 0 Å². The topological polar surface area (TPSA) is 49.4 Å². The van der Waals surface area contributed by atoms with E-state index in [-0.39, 0.29) is 18.9 Å². The van der Waals surface area contributed by atoms with Crippen molar-refractivity contribution >= 4 is 27.7 Å². The zero-order valence-corrected chi connectivity index (χ0v) is 14.3. The van der Waals surface area contributed by atoms with Crippen molar-refractivity contribution in [3.63, 3.8) is 0 Å². The van der Waals surface area contributed by atoms with Crippen LogP contribution in [-0.4, -0.2) is 36.0 Å². The molecular formula is C16H16BrF3N2O2. The molecular weight excluding hydrogens is 389 g/mol. The average Bonchev–Trinajstić information content (AvgIpc) is 3.17. The van der Waals surface area contributed by atoms with Gasteiger partial charge in [-0.15, -0.1) is 0 Å². The van der Waals surface area contributed by atoms with Gasteiger partial charge in [0.25, 0.3) is 0 Å². The third-order valence-corrected chi connectivity index (χ3v) is 4.99. The van der Waals surface area contributed by atoms with Crippen molar-refractivity contribution < 1.29 is 22.8 Å². The molecule has 1 N–H and O–H groups in total. The average molecular weight is 405 g/mol. The number of hydrogen-bond donors (Lipinski definition) is 1. The highest BCUT2D eigenvalue weighted by atomic mass is 79.9. The van der Waals surface area contributed by atoms with E-state index < -0.39 is 30.1 Å². The molecule has 1 unspecified atom stereocenters. The first-order valence-electron chi connectivity index (χ1n) is 7.61. The molecule has 1 aromatic rings. The molecule has 24 heavy (non-hydrogen) atoms. The fraction of sp³-hybridized carbons (Fsp3) is 0.500. The summed E-state index contributed by atoms with van der Waals surface area (Å²) in [5, 5.41) is 2.93. The maximum Gasteiger partial charge on any atom is 0.406 e. The molecule has 0 aromatic heterocycles. The van der Waals surface area contributed by atoms with Crippen LogP contribution < -0.4 is 5.32 Å². The lowest BCUT2D eigenvalue weighted by Crippen LogP contribution is -2.41. The molecule has 8 heteroatoms. The summed E-state index contributed by atoms with van der Waals surface area (Å²) >= 11 is 3.35. The Morgan fingerprint density at radius 2 is 1.92 bits per heavy atom. The van der Waals surface area contributed by atoms with Crippen molar-refractivity contribution in [2.75, 3.05) is 13.1 Å². The van der Waals surface area contributed by atoms with Crippen LogP contribution in [0.3, 0.4) is 0 Å². The van der Waals surface area contributed by atoms with Crippen LogP contribution in [0, 0.1) is 5.92 Å². The van der Waals surface area contributed by atoms with Gasteiger partial charge in [0.2, 0.25) is 11.8 Å². The van der Waals surface area contributed by atoms with E-state index in [4.69, 9.17) is 0 Å². The first-order chi connectivity index (χ1) is 11.2. The number of rotatable bonds is 4. The minimum absolute atomic E-state index is 0.168. The number of nitrogens with one attached hydrogen (secondary N) is 1. The fourth-order valence-electron chi connectivity index (χ4n) is 3.03. The monoisotopic (exact) mass is 404 g/mol. The Bertz CT molecular complexity index is 656. The van der Waals surface area contributed by atoms with Crippen LogP contribution in [0.15, 0.2) is 28.7 Å². The summed E-state index contributed by atoms with van der Waals surface area (Å²) in [5.74, 6) is -1.71. The van der Waals surface area contributed by atoms with Gasteiger partial charge in [-0.05, 0) is 30.5 Å². The molecule has 0 bridgehead atoms. The summed E-state index contributed by atoms with van der Waals surface area (Å²) < 4.78 is 38.3. The molecule has 0 radical (unpaired) electrons. The summed E-state index contributed by atoms with van der Waals surface area (Å²) in [7, 11) is 0. The standard InChI is InChI=1S/C16H16BrF3N2O2/c17-12-3-1-11(2-4-12)15(5-6-15)21-14(24)10-7-13(23)22(8-10)9-16(18,19)20/h1-4,10H,5-9H2,(H,21,24). The fourth-order valence-corrected chi connectivity index (χ4v) is 3.30. The largest absolute Gasteiger partial charge is 0.406 e. The van der Waals surface area contributed by atoms with Crippen molar-refractivity contribution in [2.24, 2.45) is 5.92 Å². The number of carbonyl (C=O) groups is 2. The first-order valence-corrected chi connectivity index (χ1v) is 8.40. The predicted molar refractivity (Wildman–Crippen MR) is 83.9 cm³/mol. The second-order valence-corrected chi connectivity index (χ2v) is 7.28. The Morgan fingerprint density at radius 3 is 2.46 bits per heavy atom. The molecule has 4 nitrogen and oxygen atoms in total. The molecule has 1 atom stereocenters. The number of halogens is 4. The van der Waals surface area contributed by atoms with Crippen molar-refractivity contribution in [2.45, 2.75) is 31.0 Å². The van der Waals surface area contributed by atoms with E-state index in [9.17, 15) is 22.8 Å². The molecule has 0 spiro atoms. The van der Waals surface area contributed by atoms with Gasteiger partial charge in [0, 0.05) is 17.4 Å². The van der Waals surface area contributed by atoms with Crippen molar-refractivity contribution in [3.8, 4) is 0 Å². The van der Waals surface area contributed by atoms with Crippen LogP contribution in [0.4, 0.5) is 13.2 Å². The van der Waals surface area contributed by atoms with Crippen LogP contribution in [-0.2, 0) is 15.1 Å². The number of hydrogen-bond acceptors (Lipinski definition) is 2. The van der Waals surface area contributed by atoms with E-state index in [1.54, 1.807) is 0 Å². The van der Waals surface area contributed by atoms with Crippen LogP contribution in [0.5, 0.6) is 0 Å². The van der Waals surface area contributed by atoms with Gasteiger partial charge in [0.05, 0.1) is 11.5 Å². The van der Waals surface area contributed by atoms with E-state index in [0.29, 0.717) is 4.90 Å². The Labute approximate surface area is 145 Å². The van der Waals surface area contributed by atoms with Crippen LogP contribution >= 0.6 is 15.9 Å². The lowest BCUT2D eigenvalue weighted by atomic mass is 10.0. The lowest BCUT2D eigenvalue weighted by molar-refractivity contribution is -0.157. The van der Waals surface area contributed by atoms with Crippen molar-refractivity contribution in [1.82, 2.24) is 10.2 Å². The molecule has 1 aliphatic carbocycles. The maximum atomic E-state index is 12.4. The van der Waals surface area contributed by atoms with Crippen LogP contribution in [0.25, 0.3) is 0 Å². The van der Waals surface area contributed by atoms with Gasteiger partial charge in [-0.3, -0.25) is 9.59 Å². The Morgan fingerprint density at radius 1 is 1.29 bits per heavy atom. The van der Waals surface area contributed by atoms with E-state index >= 15 is 0 Å². The molecule has 3 rings (SSSR count). The number of carbonyl (C=O) groups excluding carboxylic acids is 2. The normalized spacial score (nSPS) is 22.6. The second-order valence-electron chi connectivity index (χ2n) is 6.37. The molecule has 1 heterocycles. The number of amides is 2. The van der Waals surface area contributed by atoms with Crippen molar-refractivity contribution in [3.05, 3.63) is 34.3 Å². The minimum Gasteiger partial charge on any atom is -0.346 e. The third kappa shape index (κ3) is 3.74. The Hall–Kier alpha value is -1.57. The zero-order valence-electron chi connectivity index (χ0n) is 12.7. The molecule has 1 saturated carbocycles. The maximum absolute atomic E-state index is 12.4. The number of likely N-dealkylation sites (tertiary alicyclic amines) is 1. The highest BCUT2D eigenvalue weighted by Gasteiger charge is 2.48. The molecule has 1 aromatic carbocycles. The summed E-state index contributed by atoms with van der Waals surface area (Å²) in [5.41, 5.74) is 0.522. The summed E-state index contributed by atoms with van der Waals surface area (Å²) in [4.78, 5) is 24.8. The summed E-state index contributed by atoms with van der Waals surface area (Å²) in [6.45, 7) is -1.48. The first kappa shape index (κ1) is 17.3. The molecule has 2 amide bonds. The smallest absolute Gasteiger partial charge is 0.346 e. The molecule has 1 aliphatic heterocycles. The van der Waals surface area contributed by atoms with Gasteiger partial charge in [-0.25, -0.2) is 0 Å². The molecule has 130 valence electrons. The SMILES string of the molecule is O=C(NC1(c2ccc(Br)cc2)CC1)C1CC(=O)N(CC(F)(F)F)C1. The van der Waals surface area contributed by atoms with E-state index in [0.717, 1.165) is 22.9 Å². The van der Waals surface area contributed by atoms with Gasteiger partial charge in [-0.2, -0.15) is 13.2 Å². The molecule has 2 fully saturated rings. The Kier molecular flexibility index (Phi) is 4.36. The highest BCUT2D eigenvalue weighted by Crippen LogP contribution is 2.46. The number of alkyl halides is 3. The minimum atomic E-state index is -4.45. The van der Waals surface area contributed by atoms with E-state index in [2.05, 4.69) is 21.2 Å². The van der Waals surface area contributed by atoms with Crippen LogP contribution in [0.2, 0.25) is 0 Å². The van der Waals surface area contributed by atoms with Gasteiger partial charge >= 0.3 is 6.18 Å². The number of benzene rings is 1. The molecule has 1 saturated heterocycles. The van der Waals surface area contributed by atoms with Gasteiger partial charge in [0.1, 0.15) is 6.54 Å². The van der Waals surface area contributed by atoms with Gasteiger partial charge in [-0.1, -0.05) is 28.1 Å². The highest BCUT2D eigenvalue weighted by molar-refractivity contribution is 9.10.